The van der Waals surface area contributed by atoms with Crippen LogP contribution >= 0.6 is 0 Å². The molecule has 1 aromatic carbocycles. The highest BCUT2D eigenvalue weighted by Crippen LogP contribution is 2.25. The molecule has 1 aromatic rings. The molecule has 0 aliphatic heterocycles. The van der Waals surface area contributed by atoms with Gasteiger partial charge < -0.3 is 20.8 Å². The minimum Gasteiger partial charge on any atom is -0.478 e. The molecule has 0 spiro atoms. The van der Waals surface area contributed by atoms with Crippen LogP contribution in [0.1, 0.15) is 23.7 Å². The molecular formula is C12H17FN2O3. The maximum absolute atomic E-state index is 13.8. The number of anilines is 2. The number of carboxylic acids is 1. The first-order valence-electron chi connectivity index (χ1n) is 5.69. The van der Waals surface area contributed by atoms with Gasteiger partial charge in [-0.05, 0) is 18.6 Å². The summed E-state index contributed by atoms with van der Waals surface area (Å²) in [6.45, 7) is 2.55. The van der Waals surface area contributed by atoms with Crippen molar-refractivity contribution >= 4 is 17.3 Å². The van der Waals surface area contributed by atoms with Gasteiger partial charge in [0.05, 0.1) is 17.9 Å². The number of aliphatic hydroxyl groups excluding tert-OH is 1. The van der Waals surface area contributed by atoms with E-state index in [0.29, 0.717) is 6.54 Å². The zero-order valence-electron chi connectivity index (χ0n) is 10.2. The van der Waals surface area contributed by atoms with E-state index in [1.807, 2.05) is 6.92 Å². The molecule has 0 bridgehead atoms. The van der Waals surface area contributed by atoms with Gasteiger partial charge in [0.25, 0.3) is 0 Å². The van der Waals surface area contributed by atoms with Gasteiger partial charge in [-0.1, -0.05) is 6.92 Å². The van der Waals surface area contributed by atoms with E-state index in [-0.39, 0.29) is 30.1 Å². The van der Waals surface area contributed by atoms with Crippen molar-refractivity contribution in [1.82, 2.24) is 0 Å². The lowest BCUT2D eigenvalue weighted by Crippen LogP contribution is -2.28. The van der Waals surface area contributed by atoms with Gasteiger partial charge >= 0.3 is 5.97 Å². The van der Waals surface area contributed by atoms with Gasteiger partial charge in [0.1, 0.15) is 5.82 Å². The Hall–Kier alpha value is -1.82. The third-order valence-electron chi connectivity index (χ3n) is 2.55. The number of nitrogens with two attached hydrogens (primary N) is 1. The van der Waals surface area contributed by atoms with Gasteiger partial charge in [-0.2, -0.15) is 0 Å². The van der Waals surface area contributed by atoms with E-state index >= 15 is 0 Å². The molecule has 5 nitrogen and oxygen atoms in total. The molecule has 1 rings (SSSR count). The van der Waals surface area contributed by atoms with E-state index in [1.54, 1.807) is 4.90 Å². The van der Waals surface area contributed by atoms with Crippen LogP contribution in [0.5, 0.6) is 0 Å². The molecule has 0 heterocycles. The van der Waals surface area contributed by atoms with E-state index in [4.69, 9.17) is 15.9 Å². The summed E-state index contributed by atoms with van der Waals surface area (Å²) in [5.74, 6) is -1.78. The quantitative estimate of drug-likeness (QED) is 0.668. The molecule has 0 fully saturated rings. The number of aromatic carboxylic acids is 1. The summed E-state index contributed by atoms with van der Waals surface area (Å²) in [5.41, 5.74) is 5.36. The van der Waals surface area contributed by atoms with E-state index in [2.05, 4.69) is 0 Å². The van der Waals surface area contributed by atoms with Gasteiger partial charge in [-0.3, -0.25) is 0 Å². The van der Waals surface area contributed by atoms with Crippen LogP contribution in [0.4, 0.5) is 15.8 Å². The topological polar surface area (TPSA) is 86.8 Å². The predicted molar refractivity (Wildman–Crippen MR) is 67.4 cm³/mol. The molecule has 0 atom stereocenters. The second-order valence-electron chi connectivity index (χ2n) is 3.91. The van der Waals surface area contributed by atoms with Crippen molar-refractivity contribution in [2.24, 2.45) is 0 Å². The van der Waals surface area contributed by atoms with Crippen molar-refractivity contribution < 1.29 is 19.4 Å². The van der Waals surface area contributed by atoms with Crippen molar-refractivity contribution in [1.29, 1.82) is 0 Å². The van der Waals surface area contributed by atoms with Gasteiger partial charge in [0.2, 0.25) is 0 Å². The first-order valence-corrected chi connectivity index (χ1v) is 5.69. The monoisotopic (exact) mass is 256 g/mol. The van der Waals surface area contributed by atoms with E-state index in [0.717, 1.165) is 12.5 Å². The van der Waals surface area contributed by atoms with Crippen LogP contribution in [0.3, 0.4) is 0 Å². The summed E-state index contributed by atoms with van der Waals surface area (Å²) in [6, 6.07) is 2.21. The number of nitrogen functional groups attached to an aromatic ring is 1. The number of hydrogen-bond donors (Lipinski definition) is 3. The lowest BCUT2D eigenvalue weighted by molar-refractivity contribution is 0.0698. The van der Waals surface area contributed by atoms with Gasteiger partial charge in [-0.15, -0.1) is 0 Å². The molecule has 0 radical (unpaired) electrons. The normalized spacial score (nSPS) is 10.4. The number of benzene rings is 1. The average molecular weight is 256 g/mol. The molecule has 100 valence electrons. The van der Waals surface area contributed by atoms with Gasteiger partial charge in [0.15, 0.2) is 0 Å². The molecule has 0 saturated carbocycles. The molecule has 4 N–H and O–H groups in total. The van der Waals surface area contributed by atoms with Crippen LogP contribution in [-0.4, -0.2) is 35.9 Å². The predicted octanol–water partition coefficient (Wildman–Crippen LogP) is 1.31. The first-order chi connectivity index (χ1) is 8.51. The van der Waals surface area contributed by atoms with E-state index in [9.17, 15) is 9.18 Å². The highest BCUT2D eigenvalue weighted by atomic mass is 19.1. The molecule has 18 heavy (non-hydrogen) atoms. The molecule has 0 saturated heterocycles. The Kier molecular flexibility index (Phi) is 4.91. The zero-order valence-corrected chi connectivity index (χ0v) is 10.2. The average Bonchev–Trinajstić information content (AvgIpc) is 2.28. The zero-order chi connectivity index (χ0) is 13.7. The third-order valence-corrected chi connectivity index (χ3v) is 2.55. The van der Waals surface area contributed by atoms with Gasteiger partial charge in [-0.25, -0.2) is 9.18 Å². The molecule has 0 aliphatic rings. The number of aliphatic hydroxyl groups is 1. The van der Waals surface area contributed by atoms with Gasteiger partial charge in [0, 0.05) is 18.8 Å². The summed E-state index contributed by atoms with van der Waals surface area (Å²) in [7, 11) is 0. The molecule has 0 amide bonds. The summed E-state index contributed by atoms with van der Waals surface area (Å²) in [6.07, 6.45) is 0.756. The van der Waals surface area contributed by atoms with Crippen molar-refractivity contribution in [3.8, 4) is 0 Å². The SMILES string of the molecule is CCCN(CCO)c1cc(C(=O)O)c(N)cc1F. The Morgan fingerprint density at radius 1 is 1.44 bits per heavy atom. The van der Waals surface area contributed by atoms with E-state index < -0.39 is 11.8 Å². The van der Waals surface area contributed by atoms with Crippen LogP contribution in [0.15, 0.2) is 12.1 Å². The number of hydrogen-bond acceptors (Lipinski definition) is 4. The van der Waals surface area contributed by atoms with E-state index in [1.165, 1.54) is 6.07 Å². The highest BCUT2D eigenvalue weighted by Gasteiger charge is 2.17. The van der Waals surface area contributed by atoms with Crippen molar-refractivity contribution in [2.75, 3.05) is 30.3 Å². The Bertz CT molecular complexity index is 432. The molecule has 0 aliphatic carbocycles. The second kappa shape index (κ2) is 6.20. The van der Waals surface area contributed by atoms with Crippen LogP contribution in [-0.2, 0) is 0 Å². The highest BCUT2D eigenvalue weighted by molar-refractivity contribution is 5.95. The summed E-state index contributed by atoms with van der Waals surface area (Å²) < 4.78 is 13.8. The van der Waals surface area contributed by atoms with Crippen molar-refractivity contribution in [3.63, 3.8) is 0 Å². The number of carboxylic acid groups (broad SMARTS) is 1. The Labute approximate surface area is 105 Å². The summed E-state index contributed by atoms with van der Waals surface area (Å²) in [4.78, 5) is 12.6. The fraction of sp³-hybridized carbons (Fsp3) is 0.417. The number of rotatable bonds is 6. The van der Waals surface area contributed by atoms with Crippen molar-refractivity contribution in [2.45, 2.75) is 13.3 Å². The largest absolute Gasteiger partial charge is 0.478 e. The fourth-order valence-electron chi connectivity index (χ4n) is 1.75. The number of nitrogens with zero attached hydrogens (tertiary/aromatic N) is 1. The van der Waals surface area contributed by atoms with Crippen LogP contribution in [0.25, 0.3) is 0 Å². The lowest BCUT2D eigenvalue weighted by Gasteiger charge is -2.24. The maximum atomic E-state index is 13.8. The van der Waals surface area contributed by atoms with Crippen LogP contribution in [0, 0.1) is 5.82 Å². The summed E-state index contributed by atoms with van der Waals surface area (Å²) in [5, 5.41) is 17.9. The standard InChI is InChI=1S/C12H17FN2O3/c1-2-3-15(4-5-16)11-6-8(12(17)18)10(14)7-9(11)13/h6-7,16H,2-5,14H2,1H3,(H,17,18). The first kappa shape index (κ1) is 14.2. The Balaban J connectivity index is 3.20. The molecular weight excluding hydrogens is 239 g/mol. The van der Waals surface area contributed by atoms with Crippen molar-refractivity contribution in [3.05, 3.63) is 23.5 Å². The fourth-order valence-corrected chi connectivity index (χ4v) is 1.75. The third kappa shape index (κ3) is 3.10. The minimum absolute atomic E-state index is 0.107. The molecule has 6 heteroatoms. The number of halogens is 1. The summed E-state index contributed by atoms with van der Waals surface area (Å²) >= 11 is 0. The Morgan fingerprint density at radius 2 is 2.11 bits per heavy atom. The second-order valence-corrected chi connectivity index (χ2v) is 3.91. The lowest BCUT2D eigenvalue weighted by atomic mass is 10.1. The minimum atomic E-state index is -1.20. The van der Waals surface area contributed by atoms with Crippen LogP contribution in [0.2, 0.25) is 0 Å². The molecule has 0 unspecified atom stereocenters. The van der Waals surface area contributed by atoms with Crippen LogP contribution < -0.4 is 10.6 Å². The number of carbonyl (C=O) groups is 1. The Morgan fingerprint density at radius 3 is 2.61 bits per heavy atom. The maximum Gasteiger partial charge on any atom is 0.337 e. The molecule has 0 aromatic heterocycles. The smallest absolute Gasteiger partial charge is 0.337 e.